The lowest BCUT2D eigenvalue weighted by atomic mass is 9.85. The van der Waals surface area contributed by atoms with Crippen molar-refractivity contribution in [3.8, 4) is 0 Å². The van der Waals surface area contributed by atoms with E-state index in [-0.39, 0.29) is 11.5 Å². The third kappa shape index (κ3) is 1.69. The number of hydrogen-bond donors (Lipinski definition) is 1. The van der Waals surface area contributed by atoms with Crippen molar-refractivity contribution < 1.29 is 0 Å². The zero-order valence-electron chi connectivity index (χ0n) is 10.2. The van der Waals surface area contributed by atoms with Gasteiger partial charge in [0, 0.05) is 6.04 Å². The summed E-state index contributed by atoms with van der Waals surface area (Å²) in [6.45, 7) is 9.03. The lowest BCUT2D eigenvalue weighted by molar-refractivity contribution is 0.481. The molecule has 82 valence electrons. The highest BCUT2D eigenvalue weighted by molar-refractivity contribution is 5.44. The zero-order valence-corrected chi connectivity index (χ0v) is 10.2. The Morgan fingerprint density at radius 3 is 2.60 bits per heavy atom. The molecule has 1 aliphatic rings. The largest absolute Gasteiger partial charge is 0.324 e. The van der Waals surface area contributed by atoms with Crippen molar-refractivity contribution in [1.82, 2.24) is 0 Å². The summed E-state index contributed by atoms with van der Waals surface area (Å²) < 4.78 is 0. The van der Waals surface area contributed by atoms with E-state index >= 15 is 0 Å². The second-order valence-corrected chi connectivity index (χ2v) is 5.70. The second-order valence-electron chi connectivity index (χ2n) is 5.70. The Hall–Kier alpha value is -0.820. The van der Waals surface area contributed by atoms with E-state index in [1.165, 1.54) is 16.7 Å². The molecule has 2 N–H and O–H groups in total. The predicted octanol–water partition coefficient (Wildman–Crippen LogP) is 3.49. The van der Waals surface area contributed by atoms with E-state index in [9.17, 15) is 0 Å². The van der Waals surface area contributed by atoms with Crippen LogP contribution in [-0.4, -0.2) is 0 Å². The maximum absolute atomic E-state index is 6.19. The molecular weight excluding hydrogens is 182 g/mol. The second kappa shape index (κ2) is 3.34. The van der Waals surface area contributed by atoms with E-state index in [1.807, 2.05) is 0 Å². The van der Waals surface area contributed by atoms with Crippen LogP contribution in [-0.2, 0) is 5.41 Å². The summed E-state index contributed by atoms with van der Waals surface area (Å²) in [5, 5.41) is 0. The Labute approximate surface area is 92.7 Å². The van der Waals surface area contributed by atoms with Gasteiger partial charge in [-0.15, -0.1) is 0 Å². The van der Waals surface area contributed by atoms with E-state index < -0.39 is 0 Å². The van der Waals surface area contributed by atoms with Crippen LogP contribution >= 0.6 is 0 Å². The van der Waals surface area contributed by atoms with Gasteiger partial charge < -0.3 is 5.73 Å². The third-order valence-electron chi connectivity index (χ3n) is 3.60. The van der Waals surface area contributed by atoms with Gasteiger partial charge in [-0.05, 0) is 34.4 Å². The monoisotopic (exact) mass is 203 g/mol. The molecule has 2 rings (SSSR count). The molecule has 1 aliphatic carbocycles. The molecule has 1 aromatic rings. The molecule has 0 unspecified atom stereocenters. The first kappa shape index (κ1) is 10.7. The van der Waals surface area contributed by atoms with Crippen molar-refractivity contribution in [3.63, 3.8) is 0 Å². The molecule has 0 heterocycles. The van der Waals surface area contributed by atoms with Crippen LogP contribution in [0.3, 0.4) is 0 Å². The minimum atomic E-state index is 0.230. The number of benzene rings is 1. The maximum atomic E-state index is 6.19. The van der Waals surface area contributed by atoms with Crippen molar-refractivity contribution in [2.24, 2.45) is 5.73 Å². The Bertz CT molecular complexity index is 377. The molecular formula is C14H21N. The maximum Gasteiger partial charge on any atom is 0.0306 e. The SMILES string of the molecule is CC(C)c1ccc2c(c1)[C@H](N)CC2(C)C. The quantitative estimate of drug-likeness (QED) is 0.743. The van der Waals surface area contributed by atoms with Gasteiger partial charge in [0.25, 0.3) is 0 Å². The molecule has 0 spiro atoms. The van der Waals surface area contributed by atoms with Gasteiger partial charge in [-0.3, -0.25) is 0 Å². The van der Waals surface area contributed by atoms with Crippen molar-refractivity contribution in [3.05, 3.63) is 34.9 Å². The van der Waals surface area contributed by atoms with Crippen LogP contribution in [0.15, 0.2) is 18.2 Å². The van der Waals surface area contributed by atoms with Crippen LogP contribution in [0.5, 0.6) is 0 Å². The van der Waals surface area contributed by atoms with Gasteiger partial charge in [0.15, 0.2) is 0 Å². The Kier molecular flexibility index (Phi) is 2.38. The summed E-state index contributed by atoms with van der Waals surface area (Å²) >= 11 is 0. The molecule has 1 nitrogen and oxygen atoms in total. The van der Waals surface area contributed by atoms with Crippen molar-refractivity contribution in [1.29, 1.82) is 0 Å². The normalized spacial score (nSPS) is 23.2. The van der Waals surface area contributed by atoms with E-state index in [1.54, 1.807) is 0 Å². The molecule has 0 saturated heterocycles. The van der Waals surface area contributed by atoms with Crippen molar-refractivity contribution >= 4 is 0 Å². The lowest BCUT2D eigenvalue weighted by Gasteiger charge is -2.19. The average Bonchev–Trinajstić information content (AvgIpc) is 2.37. The van der Waals surface area contributed by atoms with E-state index in [0.29, 0.717) is 5.92 Å². The van der Waals surface area contributed by atoms with Crippen LogP contribution < -0.4 is 5.73 Å². The first-order chi connectivity index (χ1) is 6.92. The molecule has 0 radical (unpaired) electrons. The molecule has 0 saturated carbocycles. The highest BCUT2D eigenvalue weighted by Gasteiger charge is 2.34. The van der Waals surface area contributed by atoms with Gasteiger partial charge in [0.2, 0.25) is 0 Å². The molecule has 15 heavy (non-hydrogen) atoms. The van der Waals surface area contributed by atoms with Crippen molar-refractivity contribution in [2.75, 3.05) is 0 Å². The molecule has 1 heteroatoms. The summed E-state index contributed by atoms with van der Waals surface area (Å²) in [6.07, 6.45) is 1.07. The van der Waals surface area contributed by atoms with Gasteiger partial charge in [-0.1, -0.05) is 45.9 Å². The van der Waals surface area contributed by atoms with E-state index in [0.717, 1.165) is 6.42 Å². The summed E-state index contributed by atoms with van der Waals surface area (Å²) in [4.78, 5) is 0. The Balaban J connectivity index is 2.51. The summed E-state index contributed by atoms with van der Waals surface area (Å²) in [5.41, 5.74) is 10.7. The molecule has 1 atom stereocenters. The van der Waals surface area contributed by atoms with Crippen molar-refractivity contribution in [2.45, 2.75) is 51.5 Å². The highest BCUT2D eigenvalue weighted by Crippen LogP contribution is 2.44. The average molecular weight is 203 g/mol. The van der Waals surface area contributed by atoms with E-state index in [2.05, 4.69) is 45.9 Å². The predicted molar refractivity (Wildman–Crippen MR) is 65.1 cm³/mol. The zero-order chi connectivity index (χ0) is 11.2. The Morgan fingerprint density at radius 2 is 2.00 bits per heavy atom. The van der Waals surface area contributed by atoms with Gasteiger partial charge in [0.05, 0.1) is 0 Å². The standard InChI is InChI=1S/C14H21N/c1-9(2)10-5-6-12-11(7-10)13(15)8-14(12,3)4/h5-7,9,13H,8,15H2,1-4H3/t13-/m1/s1. The number of fused-ring (bicyclic) bond motifs is 1. The molecule has 1 aromatic carbocycles. The van der Waals surface area contributed by atoms with Gasteiger partial charge >= 0.3 is 0 Å². The van der Waals surface area contributed by atoms with Crippen LogP contribution in [0, 0.1) is 0 Å². The molecule has 0 fully saturated rings. The Morgan fingerprint density at radius 1 is 1.33 bits per heavy atom. The number of nitrogens with two attached hydrogens (primary N) is 1. The van der Waals surface area contributed by atoms with Gasteiger partial charge in [-0.2, -0.15) is 0 Å². The summed E-state index contributed by atoms with van der Waals surface area (Å²) in [5.74, 6) is 0.589. The molecule has 0 amide bonds. The minimum absolute atomic E-state index is 0.230. The molecule has 0 aliphatic heterocycles. The first-order valence-electron chi connectivity index (χ1n) is 5.82. The van der Waals surface area contributed by atoms with Crippen LogP contribution in [0.2, 0.25) is 0 Å². The van der Waals surface area contributed by atoms with Gasteiger partial charge in [-0.25, -0.2) is 0 Å². The fourth-order valence-electron chi connectivity index (χ4n) is 2.63. The topological polar surface area (TPSA) is 26.0 Å². The summed E-state index contributed by atoms with van der Waals surface area (Å²) in [6, 6.07) is 7.06. The highest BCUT2D eigenvalue weighted by atomic mass is 14.7. The first-order valence-corrected chi connectivity index (χ1v) is 5.82. The lowest BCUT2D eigenvalue weighted by Crippen LogP contribution is -2.14. The third-order valence-corrected chi connectivity index (χ3v) is 3.60. The van der Waals surface area contributed by atoms with Gasteiger partial charge in [0.1, 0.15) is 0 Å². The molecule has 0 bridgehead atoms. The number of hydrogen-bond acceptors (Lipinski definition) is 1. The van der Waals surface area contributed by atoms with Crippen LogP contribution in [0.25, 0.3) is 0 Å². The number of rotatable bonds is 1. The fourth-order valence-corrected chi connectivity index (χ4v) is 2.63. The summed E-state index contributed by atoms with van der Waals surface area (Å²) in [7, 11) is 0. The van der Waals surface area contributed by atoms with E-state index in [4.69, 9.17) is 5.73 Å². The fraction of sp³-hybridized carbons (Fsp3) is 0.571. The minimum Gasteiger partial charge on any atom is -0.324 e. The molecule has 0 aromatic heterocycles. The smallest absolute Gasteiger partial charge is 0.0306 e. The van der Waals surface area contributed by atoms with Crippen LogP contribution in [0.4, 0.5) is 0 Å². The van der Waals surface area contributed by atoms with Crippen LogP contribution in [0.1, 0.15) is 62.8 Å².